The van der Waals surface area contributed by atoms with Crippen molar-refractivity contribution in [2.75, 3.05) is 13.1 Å². The lowest BCUT2D eigenvalue weighted by molar-refractivity contribution is -0.121. The van der Waals surface area contributed by atoms with E-state index < -0.39 is 32.6 Å². The van der Waals surface area contributed by atoms with Crippen molar-refractivity contribution in [2.45, 2.75) is 129 Å². The standard InChI is InChI=1S/C41H61N5O4S2/c1-10-11-29-12-16-31(17-13-29)32-22-24-46(25-23-32)28(2)27-43-37(42-9)33-18-14-30(15-19-33)26-34(38(47)45-52(49,50)41(6,7)8)44-39(48)35-20-21-36(51-35)40(3,4)5/h14-15,18-21,27,29,31-32,34H,9-13,16-17,22-26H2,1-8H3,(H,44,48)(H,45,47)/b28-27+,43-37-/t29-,31-,34?. The number of hydrogen-bond donors (Lipinski definition) is 2. The Hall–Kier alpha value is -3.31. The number of carbonyl (C=O) groups excluding carboxylic acids is 2. The Labute approximate surface area is 316 Å². The highest BCUT2D eigenvalue weighted by Crippen LogP contribution is 2.39. The molecule has 1 unspecified atom stereocenters. The highest BCUT2D eigenvalue weighted by molar-refractivity contribution is 7.91. The molecule has 0 spiro atoms. The zero-order valence-corrected chi connectivity index (χ0v) is 34.3. The summed E-state index contributed by atoms with van der Waals surface area (Å²) in [5.41, 5.74) is 2.46. The molecule has 9 nitrogen and oxygen atoms in total. The first-order valence-corrected chi connectivity index (χ1v) is 21.2. The van der Waals surface area contributed by atoms with Crippen LogP contribution in [0.3, 0.4) is 0 Å². The summed E-state index contributed by atoms with van der Waals surface area (Å²) in [5.74, 6) is 1.92. The number of nitrogens with one attached hydrogen (secondary N) is 2. The van der Waals surface area contributed by atoms with Crippen molar-refractivity contribution in [3.63, 3.8) is 0 Å². The van der Waals surface area contributed by atoms with Crippen molar-refractivity contribution in [1.29, 1.82) is 0 Å². The maximum atomic E-state index is 13.4. The first-order valence-electron chi connectivity index (χ1n) is 18.9. The van der Waals surface area contributed by atoms with Gasteiger partial charge in [-0.15, -0.1) is 11.3 Å². The van der Waals surface area contributed by atoms with Crippen LogP contribution in [-0.2, 0) is 26.7 Å². The van der Waals surface area contributed by atoms with Crippen LogP contribution < -0.4 is 10.0 Å². The van der Waals surface area contributed by atoms with E-state index in [0.29, 0.717) is 10.7 Å². The Morgan fingerprint density at radius 1 is 0.962 bits per heavy atom. The first-order chi connectivity index (χ1) is 24.4. The van der Waals surface area contributed by atoms with Crippen LogP contribution in [0.25, 0.3) is 0 Å². The maximum absolute atomic E-state index is 13.4. The van der Waals surface area contributed by atoms with Crippen LogP contribution >= 0.6 is 11.3 Å². The van der Waals surface area contributed by atoms with Gasteiger partial charge in [0.1, 0.15) is 6.04 Å². The van der Waals surface area contributed by atoms with Crippen molar-refractivity contribution in [2.24, 2.45) is 27.7 Å². The summed E-state index contributed by atoms with van der Waals surface area (Å²) < 4.78 is 26.7. The van der Waals surface area contributed by atoms with E-state index in [9.17, 15) is 18.0 Å². The largest absolute Gasteiger partial charge is 0.374 e. The maximum Gasteiger partial charge on any atom is 0.262 e. The topological polar surface area (TPSA) is 120 Å². The van der Waals surface area contributed by atoms with Gasteiger partial charge in [-0.2, -0.15) is 0 Å². The quantitative estimate of drug-likeness (QED) is 0.167. The summed E-state index contributed by atoms with van der Waals surface area (Å²) in [6.07, 6.45) is 12.7. The molecule has 286 valence electrons. The SMILES string of the molecule is C=N/C(=N\C=C(/C)N1CCC([C@H]2CC[C@H](CCC)CC2)CC1)c1ccc(CC(NC(=O)c2ccc(C(C)(C)C)s2)C(=O)NS(=O)(=O)C(C)(C)C)cc1. The summed E-state index contributed by atoms with van der Waals surface area (Å²) in [7, 11) is -4.00. The van der Waals surface area contributed by atoms with E-state index >= 15 is 0 Å². The van der Waals surface area contributed by atoms with Gasteiger partial charge in [-0.05, 0) is 101 Å². The van der Waals surface area contributed by atoms with Crippen molar-refractivity contribution >= 4 is 45.7 Å². The number of nitrogens with zero attached hydrogens (tertiary/aromatic N) is 3. The number of benzene rings is 1. The lowest BCUT2D eigenvalue weighted by Crippen LogP contribution is -2.52. The lowest BCUT2D eigenvalue weighted by atomic mass is 9.72. The molecule has 0 bridgehead atoms. The second-order valence-electron chi connectivity index (χ2n) is 16.7. The second kappa shape index (κ2) is 17.7. The number of amidine groups is 1. The molecular formula is C41H61N5O4S2. The van der Waals surface area contributed by atoms with Crippen molar-refractivity contribution in [1.82, 2.24) is 14.9 Å². The minimum Gasteiger partial charge on any atom is -0.374 e. The fourth-order valence-corrected chi connectivity index (χ4v) is 8.89. The predicted octanol–water partition coefficient (Wildman–Crippen LogP) is 8.26. The van der Waals surface area contributed by atoms with E-state index in [1.54, 1.807) is 6.07 Å². The molecule has 1 aromatic heterocycles. The number of amides is 2. The van der Waals surface area contributed by atoms with E-state index in [4.69, 9.17) is 4.99 Å². The van der Waals surface area contributed by atoms with Crippen molar-refractivity contribution < 1.29 is 18.0 Å². The fourth-order valence-electron chi connectivity index (χ4n) is 7.21. The minimum absolute atomic E-state index is 0.0815. The number of carbonyl (C=O) groups is 2. The van der Waals surface area contributed by atoms with Crippen LogP contribution in [-0.4, -0.2) is 61.6 Å². The summed E-state index contributed by atoms with van der Waals surface area (Å²) in [5, 5.41) is 2.79. The molecule has 52 heavy (non-hydrogen) atoms. The third kappa shape index (κ3) is 11.1. The predicted molar refractivity (Wildman–Crippen MR) is 216 cm³/mol. The van der Waals surface area contributed by atoms with Gasteiger partial charge in [0.05, 0.1) is 9.62 Å². The Kier molecular flexibility index (Phi) is 14.1. The second-order valence-corrected chi connectivity index (χ2v) is 20.2. The molecule has 2 heterocycles. The van der Waals surface area contributed by atoms with Crippen LogP contribution in [0.4, 0.5) is 0 Å². The van der Waals surface area contributed by atoms with Gasteiger partial charge in [-0.25, -0.2) is 18.4 Å². The lowest BCUT2D eigenvalue weighted by Gasteiger charge is -2.40. The number of likely N-dealkylation sites (tertiary alicyclic amines) is 1. The van der Waals surface area contributed by atoms with Gasteiger partial charge in [-0.3, -0.25) is 14.3 Å². The van der Waals surface area contributed by atoms with Crippen molar-refractivity contribution in [3.8, 4) is 0 Å². The Morgan fingerprint density at radius 2 is 1.58 bits per heavy atom. The van der Waals surface area contributed by atoms with Crippen molar-refractivity contribution in [3.05, 3.63) is 69.2 Å². The van der Waals surface area contributed by atoms with Gasteiger partial charge >= 0.3 is 0 Å². The summed E-state index contributed by atoms with van der Waals surface area (Å²) in [4.78, 5) is 39.5. The smallest absolute Gasteiger partial charge is 0.262 e. The van der Waals surface area contributed by atoms with Gasteiger partial charge in [0.15, 0.2) is 5.84 Å². The van der Waals surface area contributed by atoms with Crippen LogP contribution in [0.2, 0.25) is 0 Å². The molecule has 2 amide bonds. The van der Waals surface area contributed by atoms with E-state index in [0.717, 1.165) is 52.5 Å². The van der Waals surface area contributed by atoms with Gasteiger partial charge in [-0.1, -0.05) is 77.6 Å². The Bertz CT molecular complexity index is 1700. The molecular weight excluding hydrogens is 691 g/mol. The molecule has 2 aliphatic rings. The number of thiophene rings is 1. The fraction of sp³-hybridized carbons (Fsp3) is 0.610. The zero-order valence-electron chi connectivity index (χ0n) is 32.6. The summed E-state index contributed by atoms with van der Waals surface area (Å²) in [6.45, 7) is 21.0. The molecule has 4 rings (SSSR count). The average molecular weight is 752 g/mol. The molecule has 1 aromatic carbocycles. The van der Waals surface area contributed by atoms with Gasteiger partial charge in [0.25, 0.3) is 11.8 Å². The molecule has 1 saturated carbocycles. The monoisotopic (exact) mass is 751 g/mol. The Morgan fingerprint density at radius 3 is 2.12 bits per heavy atom. The van der Waals surface area contributed by atoms with Gasteiger partial charge < -0.3 is 10.2 Å². The number of sulfonamides is 1. The summed E-state index contributed by atoms with van der Waals surface area (Å²) in [6, 6.07) is 9.88. The molecule has 11 heteroatoms. The number of aliphatic imine (C=N–C) groups is 2. The van der Waals surface area contributed by atoms with Crippen LogP contribution in [0, 0.1) is 17.8 Å². The van der Waals surface area contributed by atoms with Crippen LogP contribution in [0.15, 0.2) is 58.3 Å². The molecule has 2 N–H and O–H groups in total. The highest BCUT2D eigenvalue weighted by Gasteiger charge is 2.34. The normalized spacial score (nSPS) is 20.3. The number of piperidine rings is 1. The molecule has 0 radical (unpaired) electrons. The number of hydrogen-bond acceptors (Lipinski definition) is 7. The molecule has 1 atom stereocenters. The molecule has 2 aromatic rings. The van der Waals surface area contributed by atoms with Gasteiger partial charge in [0.2, 0.25) is 10.0 Å². The molecule has 1 aliphatic heterocycles. The van der Waals surface area contributed by atoms with Crippen LogP contribution in [0.5, 0.6) is 0 Å². The van der Waals surface area contributed by atoms with Gasteiger partial charge in [0, 0.05) is 41.8 Å². The Balaban J connectivity index is 1.42. The minimum atomic E-state index is -4.00. The number of allylic oxidation sites excluding steroid dienone is 1. The average Bonchev–Trinajstić information content (AvgIpc) is 3.61. The third-order valence-electron chi connectivity index (χ3n) is 10.7. The van der Waals surface area contributed by atoms with Crippen LogP contribution in [0.1, 0.15) is 132 Å². The molecule has 2 fully saturated rings. The van der Waals surface area contributed by atoms with E-state index in [1.165, 1.54) is 83.5 Å². The van der Waals surface area contributed by atoms with E-state index in [1.807, 2.05) is 36.5 Å². The zero-order chi connectivity index (χ0) is 38.3. The highest BCUT2D eigenvalue weighted by atomic mass is 32.2. The molecule has 1 saturated heterocycles. The summed E-state index contributed by atoms with van der Waals surface area (Å²) >= 11 is 1.36. The third-order valence-corrected chi connectivity index (χ3v) is 14.3. The first kappa shape index (κ1) is 41.4. The molecule has 1 aliphatic carbocycles. The van der Waals surface area contributed by atoms with E-state index in [-0.39, 0.29) is 11.8 Å². The van der Waals surface area contributed by atoms with E-state index in [2.05, 4.69) is 61.3 Å². The number of rotatable bonds is 12.